The van der Waals surface area contributed by atoms with Crippen LogP contribution in [0.2, 0.25) is 0 Å². The summed E-state index contributed by atoms with van der Waals surface area (Å²) in [5.74, 6) is 0.226. The van der Waals surface area contributed by atoms with Crippen LogP contribution in [0.3, 0.4) is 0 Å². The van der Waals surface area contributed by atoms with Crippen LogP contribution in [0.4, 0.5) is 0 Å². The molecule has 0 saturated carbocycles. The summed E-state index contributed by atoms with van der Waals surface area (Å²) in [5, 5.41) is 3.43. The third-order valence-electron chi connectivity index (χ3n) is 3.19. The lowest BCUT2D eigenvalue weighted by Crippen LogP contribution is -2.54. The number of carbonyl (C=O) groups is 1. The summed E-state index contributed by atoms with van der Waals surface area (Å²) in [7, 11) is 2.02. The number of Topliss-reactive ketones (excluding diaryl/α,β-unsaturated/α-hetero) is 1. The molecule has 86 valence electrons. The predicted molar refractivity (Wildman–Crippen MR) is 64.3 cm³/mol. The quantitative estimate of drug-likeness (QED) is 0.810. The Hall–Kier alpha value is -1.19. The van der Waals surface area contributed by atoms with Crippen molar-refractivity contribution in [2.75, 3.05) is 20.1 Å². The van der Waals surface area contributed by atoms with Gasteiger partial charge >= 0.3 is 0 Å². The van der Waals surface area contributed by atoms with Gasteiger partial charge in [-0.15, -0.1) is 0 Å². The van der Waals surface area contributed by atoms with E-state index < -0.39 is 0 Å². The highest BCUT2D eigenvalue weighted by Crippen LogP contribution is 2.23. The Kier molecular flexibility index (Phi) is 3.36. The van der Waals surface area contributed by atoms with E-state index in [0.29, 0.717) is 0 Å². The van der Waals surface area contributed by atoms with Crippen molar-refractivity contribution in [1.29, 1.82) is 0 Å². The Balaban J connectivity index is 2.27. The number of benzene rings is 1. The number of likely N-dealkylation sites (N-methyl/N-ethyl adjacent to an activating group) is 1. The number of hydrogen-bond acceptors (Lipinski definition) is 3. The molecule has 2 atom stereocenters. The van der Waals surface area contributed by atoms with Gasteiger partial charge < -0.3 is 5.32 Å². The monoisotopic (exact) mass is 218 g/mol. The fourth-order valence-electron chi connectivity index (χ4n) is 2.41. The van der Waals surface area contributed by atoms with Gasteiger partial charge in [0.05, 0.1) is 12.1 Å². The van der Waals surface area contributed by atoms with E-state index in [1.54, 1.807) is 6.92 Å². The van der Waals surface area contributed by atoms with Gasteiger partial charge in [-0.25, -0.2) is 0 Å². The molecule has 2 rings (SSSR count). The third-order valence-corrected chi connectivity index (χ3v) is 3.19. The second-order valence-electron chi connectivity index (χ2n) is 4.38. The SMILES string of the molecule is CC(=O)[C@H]1[C@@H](c2ccccc2)NCCN1C. The number of piperazine rings is 1. The molecule has 0 spiro atoms. The molecule has 1 fully saturated rings. The van der Waals surface area contributed by atoms with Gasteiger partial charge in [0.2, 0.25) is 0 Å². The fraction of sp³-hybridized carbons (Fsp3) is 0.462. The largest absolute Gasteiger partial charge is 0.307 e. The average Bonchev–Trinajstić information content (AvgIpc) is 2.29. The predicted octanol–water partition coefficient (Wildman–Crippen LogP) is 1.22. The summed E-state index contributed by atoms with van der Waals surface area (Å²) < 4.78 is 0. The third kappa shape index (κ3) is 2.15. The standard InChI is InChI=1S/C13H18N2O/c1-10(16)13-12(14-8-9-15(13)2)11-6-4-3-5-7-11/h3-7,12-14H,8-9H2,1-2H3/t12-,13+/m1/s1. The van der Waals surface area contributed by atoms with Crippen molar-refractivity contribution in [2.45, 2.75) is 19.0 Å². The van der Waals surface area contributed by atoms with Gasteiger partial charge in [0.15, 0.2) is 0 Å². The van der Waals surface area contributed by atoms with Crippen molar-refractivity contribution in [3.8, 4) is 0 Å². The highest BCUT2D eigenvalue weighted by molar-refractivity contribution is 5.82. The van der Waals surface area contributed by atoms with Crippen molar-refractivity contribution in [1.82, 2.24) is 10.2 Å². The smallest absolute Gasteiger partial charge is 0.148 e. The summed E-state index contributed by atoms with van der Waals surface area (Å²) in [4.78, 5) is 13.8. The van der Waals surface area contributed by atoms with Crippen molar-refractivity contribution < 1.29 is 4.79 Å². The van der Waals surface area contributed by atoms with Gasteiger partial charge in [-0.3, -0.25) is 9.69 Å². The van der Waals surface area contributed by atoms with Crippen LogP contribution in [0.15, 0.2) is 30.3 Å². The van der Waals surface area contributed by atoms with Crippen LogP contribution in [0.5, 0.6) is 0 Å². The van der Waals surface area contributed by atoms with Gasteiger partial charge in [0.1, 0.15) is 5.78 Å². The maximum atomic E-state index is 11.7. The molecule has 16 heavy (non-hydrogen) atoms. The zero-order valence-corrected chi connectivity index (χ0v) is 9.81. The van der Waals surface area contributed by atoms with E-state index in [0.717, 1.165) is 13.1 Å². The Morgan fingerprint density at radius 3 is 2.69 bits per heavy atom. The molecular weight excluding hydrogens is 200 g/mol. The van der Waals surface area contributed by atoms with Gasteiger partial charge in [-0.05, 0) is 19.5 Å². The second kappa shape index (κ2) is 4.76. The Morgan fingerprint density at radius 2 is 2.06 bits per heavy atom. The van der Waals surface area contributed by atoms with Crippen molar-refractivity contribution in [2.24, 2.45) is 0 Å². The van der Waals surface area contributed by atoms with Crippen LogP contribution in [0.1, 0.15) is 18.5 Å². The lowest BCUT2D eigenvalue weighted by atomic mass is 9.93. The molecule has 1 aromatic rings. The molecule has 1 N–H and O–H groups in total. The van der Waals surface area contributed by atoms with E-state index in [2.05, 4.69) is 22.3 Å². The van der Waals surface area contributed by atoms with Gasteiger partial charge in [0, 0.05) is 13.1 Å². The number of nitrogens with one attached hydrogen (secondary N) is 1. The summed E-state index contributed by atoms with van der Waals surface area (Å²) in [6.45, 7) is 3.53. The maximum Gasteiger partial charge on any atom is 0.148 e. The number of carbonyl (C=O) groups excluding carboxylic acids is 1. The zero-order valence-electron chi connectivity index (χ0n) is 9.81. The van der Waals surface area contributed by atoms with E-state index >= 15 is 0 Å². The minimum absolute atomic E-state index is 0.0452. The minimum Gasteiger partial charge on any atom is -0.307 e. The normalized spacial score (nSPS) is 26.6. The number of ketones is 1. The molecule has 1 aromatic carbocycles. The fourth-order valence-corrected chi connectivity index (χ4v) is 2.41. The first-order valence-electron chi connectivity index (χ1n) is 5.69. The summed E-state index contributed by atoms with van der Waals surface area (Å²) in [6, 6.07) is 10.3. The second-order valence-corrected chi connectivity index (χ2v) is 4.38. The minimum atomic E-state index is -0.0452. The Morgan fingerprint density at radius 1 is 1.38 bits per heavy atom. The van der Waals surface area contributed by atoms with Gasteiger partial charge in [-0.2, -0.15) is 0 Å². The molecule has 0 amide bonds. The Labute approximate surface area is 96.5 Å². The molecule has 1 saturated heterocycles. The first-order chi connectivity index (χ1) is 7.70. The molecule has 3 heteroatoms. The highest BCUT2D eigenvalue weighted by Gasteiger charge is 2.32. The maximum absolute atomic E-state index is 11.7. The summed E-state index contributed by atoms with van der Waals surface area (Å²) in [5.41, 5.74) is 1.19. The number of hydrogen-bond donors (Lipinski definition) is 1. The van der Waals surface area contributed by atoms with Gasteiger partial charge in [-0.1, -0.05) is 30.3 Å². The van der Waals surface area contributed by atoms with Gasteiger partial charge in [0.25, 0.3) is 0 Å². The first kappa shape index (κ1) is 11.3. The molecule has 3 nitrogen and oxygen atoms in total. The summed E-state index contributed by atoms with van der Waals surface area (Å²) >= 11 is 0. The number of rotatable bonds is 2. The van der Waals surface area contributed by atoms with E-state index in [-0.39, 0.29) is 17.9 Å². The first-order valence-corrected chi connectivity index (χ1v) is 5.69. The van der Waals surface area contributed by atoms with Crippen LogP contribution in [-0.2, 0) is 4.79 Å². The van der Waals surface area contributed by atoms with E-state index in [9.17, 15) is 4.79 Å². The molecule has 1 aliphatic heterocycles. The topological polar surface area (TPSA) is 32.3 Å². The molecule has 0 unspecified atom stereocenters. The summed E-state index contributed by atoms with van der Waals surface area (Å²) in [6.07, 6.45) is 0. The molecule has 0 bridgehead atoms. The van der Waals surface area contributed by atoms with Crippen LogP contribution in [0, 0.1) is 0 Å². The van der Waals surface area contributed by atoms with Crippen molar-refractivity contribution >= 4 is 5.78 Å². The lowest BCUT2D eigenvalue weighted by molar-refractivity contribution is -0.123. The van der Waals surface area contributed by atoms with Crippen LogP contribution >= 0.6 is 0 Å². The molecule has 0 aliphatic carbocycles. The molecule has 1 aliphatic rings. The van der Waals surface area contributed by atoms with Crippen molar-refractivity contribution in [3.63, 3.8) is 0 Å². The molecule has 1 heterocycles. The van der Waals surface area contributed by atoms with Crippen LogP contribution < -0.4 is 5.32 Å². The molecular formula is C13H18N2O. The van der Waals surface area contributed by atoms with E-state index in [1.165, 1.54) is 5.56 Å². The van der Waals surface area contributed by atoms with E-state index in [1.807, 2.05) is 25.2 Å². The highest BCUT2D eigenvalue weighted by atomic mass is 16.1. The molecule has 0 radical (unpaired) electrons. The lowest BCUT2D eigenvalue weighted by Gasteiger charge is -2.38. The van der Waals surface area contributed by atoms with E-state index in [4.69, 9.17) is 0 Å². The van der Waals surface area contributed by atoms with Crippen LogP contribution in [-0.4, -0.2) is 36.9 Å². The average molecular weight is 218 g/mol. The number of nitrogens with zero attached hydrogens (tertiary/aromatic N) is 1. The zero-order chi connectivity index (χ0) is 11.5. The van der Waals surface area contributed by atoms with Crippen molar-refractivity contribution in [3.05, 3.63) is 35.9 Å². The molecule has 0 aromatic heterocycles. The Bertz CT molecular complexity index is 363. The van der Waals surface area contributed by atoms with Crippen LogP contribution in [0.25, 0.3) is 0 Å².